The van der Waals surface area contributed by atoms with Gasteiger partial charge in [-0.15, -0.1) is 0 Å². The molecule has 3 spiro atoms. The summed E-state index contributed by atoms with van der Waals surface area (Å²) in [4.78, 5) is 50.3. The third kappa shape index (κ3) is 19.7. The standard InChI is InChI=1S/C34H46ClN3O4S.C33H42ClN5O5S.C33H44ClN3O5S/c1-22-6-4-15-34(40,19-36)29-11-8-26(29)18-38-20-33(14-5-7-24-16-27(35)10-12-28(24)33)21-42-31-13-9-25(17-30(31)38)32(39)37-43(3,41)23(22)2;1-21-5-3-14-33(41,18-36-38-35)28-10-7-25(28)17-39-19-32(13-4-6-23-15-26(34)9-11-27(23)32)20-44-30-12-8-24(16-29(30)39)31(40)37-45(42,43)22(21)2;1-21-5-3-14-33(39,18-35)28-10-7-25(28)17-37-19-32(13-4-6-23-15-26(34)9-11-27(23)32)20-42-30-12-8-24(16-29(30)37)31(38)36-43(40,41)22(21)2/h9-10,12-13,16-17,22-23,26,29,40H,3-8,11,14-15,18-21,36H2,1-2H3,(H,37,39,41);8-9,11-12,15-16,21-22,25,28,41H,3-7,10,13-14,17-20H2,1-2H3,(H,37,40);8-9,11-12,15-16,21-22,25,28,39H,3-7,10,13-14,17-20,35H2,1-2H3,(H,36,38)/t22-,23+,26-,29+,33-,34-,43?;2*21-,22+,25-,28+,32-,33+/m000/s1. The van der Waals surface area contributed by atoms with Gasteiger partial charge in [-0.25, -0.2) is 30.5 Å². The van der Waals surface area contributed by atoms with Gasteiger partial charge in [-0.3, -0.25) is 19.1 Å². The zero-order chi connectivity index (χ0) is 93.1. The molecule has 6 aromatic rings. The molecule has 31 heteroatoms. The van der Waals surface area contributed by atoms with E-state index in [1.807, 2.05) is 64.1 Å². The van der Waals surface area contributed by atoms with Crippen LogP contribution in [0.2, 0.25) is 15.1 Å². The summed E-state index contributed by atoms with van der Waals surface area (Å²) in [5, 5.41) is 39.8. The van der Waals surface area contributed by atoms with Crippen molar-refractivity contribution >= 4 is 105 Å². The number of carbonyl (C=O) groups excluding carboxylic acids is 3. The summed E-state index contributed by atoms with van der Waals surface area (Å²) in [7, 11) is -10.8. The number of carbonyl (C=O) groups is 3. The molecule has 6 heterocycles. The third-order valence-corrected chi connectivity index (χ3v) is 40.0. The van der Waals surface area contributed by atoms with Crippen LogP contribution in [0, 0.1) is 53.3 Å². The molecule has 25 nitrogen and oxygen atoms in total. The quantitative estimate of drug-likeness (QED) is 0.0352. The molecular weight excluding hydrogens is 1780 g/mol. The van der Waals surface area contributed by atoms with Gasteiger partial charge in [0.05, 0.1) is 80.4 Å². The maximum Gasteiger partial charge on any atom is 0.264 e. The second-order valence-corrected chi connectivity index (χ2v) is 48.9. The Morgan fingerprint density at radius 2 is 0.763 bits per heavy atom. The number of hydrogen-bond donors (Lipinski definition) is 8. The first kappa shape index (κ1) is 96.5. The van der Waals surface area contributed by atoms with Crippen molar-refractivity contribution in [2.24, 2.45) is 69.8 Å². The van der Waals surface area contributed by atoms with Crippen LogP contribution in [0.4, 0.5) is 17.1 Å². The number of aryl methyl sites for hydroxylation is 3. The minimum atomic E-state index is -3.97. The summed E-state index contributed by atoms with van der Waals surface area (Å²) in [5.74, 6) is 4.62. The van der Waals surface area contributed by atoms with Crippen LogP contribution in [0.15, 0.2) is 114 Å². The number of ether oxygens (including phenoxy) is 3. The first-order chi connectivity index (χ1) is 62.3. The molecule has 6 aromatic carbocycles. The zero-order valence-corrected chi connectivity index (χ0v) is 81.2. The molecule has 12 aliphatic rings. The van der Waals surface area contributed by atoms with Crippen LogP contribution in [-0.4, -0.2) is 171 Å². The van der Waals surface area contributed by atoms with Crippen molar-refractivity contribution in [3.63, 3.8) is 0 Å². The predicted molar refractivity (Wildman–Crippen MR) is 519 cm³/mol. The number of hydrogen-bond acceptors (Lipinski definition) is 20. The summed E-state index contributed by atoms with van der Waals surface area (Å²) in [6.07, 6.45) is 19.9. The van der Waals surface area contributed by atoms with Gasteiger partial charge < -0.3 is 55.7 Å². The van der Waals surface area contributed by atoms with Crippen LogP contribution >= 0.6 is 34.8 Å². The molecule has 10 N–H and O–H groups in total. The van der Waals surface area contributed by atoms with E-state index in [9.17, 15) is 50.7 Å². The van der Waals surface area contributed by atoms with E-state index in [4.69, 9.17) is 66.0 Å². The topological polar surface area (TPSA) is 372 Å². The highest BCUT2D eigenvalue weighted by molar-refractivity contribution is 7.99. The number of sulfonamides is 2. The van der Waals surface area contributed by atoms with E-state index in [0.717, 1.165) is 155 Å². The molecule has 710 valence electrons. The molecule has 3 fully saturated rings. The monoisotopic (exact) mass is 1910 g/mol. The summed E-state index contributed by atoms with van der Waals surface area (Å²) in [6.45, 7) is 16.8. The van der Waals surface area contributed by atoms with Gasteiger partial charge in [0.25, 0.3) is 17.7 Å². The van der Waals surface area contributed by atoms with Crippen molar-refractivity contribution in [1.29, 1.82) is 0 Å². The van der Waals surface area contributed by atoms with Gasteiger partial charge in [0, 0.05) is 111 Å². The van der Waals surface area contributed by atoms with E-state index < -0.39 is 68.9 Å². The lowest BCUT2D eigenvalue weighted by Gasteiger charge is -2.50. The lowest BCUT2D eigenvalue weighted by Crippen LogP contribution is -2.55. The normalized spacial score (nSPS) is 34.5. The van der Waals surface area contributed by atoms with Crippen LogP contribution in [0.5, 0.6) is 17.2 Å². The molecule has 0 aromatic heterocycles. The maximum atomic E-state index is 13.7. The molecule has 19 atom stereocenters. The first-order valence-corrected chi connectivity index (χ1v) is 53.7. The highest BCUT2D eigenvalue weighted by Gasteiger charge is 2.54. The van der Waals surface area contributed by atoms with Crippen LogP contribution in [0.1, 0.15) is 241 Å². The molecule has 6 aliphatic carbocycles. The van der Waals surface area contributed by atoms with Gasteiger partial charge in [0.1, 0.15) is 17.2 Å². The van der Waals surface area contributed by atoms with E-state index >= 15 is 0 Å². The van der Waals surface area contributed by atoms with Crippen LogP contribution in [-0.2, 0) is 65.3 Å². The van der Waals surface area contributed by atoms with Gasteiger partial charge in [0.2, 0.25) is 20.0 Å². The van der Waals surface area contributed by atoms with Crippen LogP contribution in [0.3, 0.4) is 0 Å². The van der Waals surface area contributed by atoms with E-state index in [2.05, 4.69) is 75.1 Å². The van der Waals surface area contributed by atoms with Gasteiger partial charge in [-0.2, -0.15) is 0 Å². The van der Waals surface area contributed by atoms with Gasteiger partial charge in [0.15, 0.2) is 0 Å². The maximum absolute atomic E-state index is 13.7. The minimum absolute atomic E-state index is 0.0229. The molecule has 0 saturated heterocycles. The number of halogens is 3. The zero-order valence-electron chi connectivity index (χ0n) is 76.5. The van der Waals surface area contributed by atoms with Crippen molar-refractivity contribution in [3.05, 3.63) is 185 Å². The first-order valence-electron chi connectivity index (χ1n) is 47.6. The summed E-state index contributed by atoms with van der Waals surface area (Å²) in [6, 6.07) is 34.3. The molecule has 0 radical (unpaired) electrons. The Bertz CT molecular complexity index is 5490. The number of amides is 3. The van der Waals surface area contributed by atoms with E-state index in [1.165, 1.54) is 33.4 Å². The molecule has 131 heavy (non-hydrogen) atoms. The van der Waals surface area contributed by atoms with Crippen molar-refractivity contribution in [2.45, 2.75) is 244 Å². The van der Waals surface area contributed by atoms with Crippen LogP contribution < -0.4 is 54.5 Å². The number of benzene rings is 6. The number of nitrogens with zero attached hydrogens (tertiary/aromatic N) is 6. The van der Waals surface area contributed by atoms with Gasteiger partial charge >= 0.3 is 0 Å². The molecule has 1 unspecified atom stereocenters. The molecular formula is C100H132Cl3N11O14S3. The largest absolute Gasteiger partial charge is 0.490 e. The smallest absolute Gasteiger partial charge is 0.264 e. The van der Waals surface area contributed by atoms with Crippen molar-refractivity contribution in [2.75, 3.05) is 93.4 Å². The summed E-state index contributed by atoms with van der Waals surface area (Å²) in [5.41, 5.74) is 28.5. The Hall–Kier alpha value is -7.57. The average Bonchev–Trinajstić information content (AvgIpc) is 1.69. The average molecular weight is 1910 g/mol. The van der Waals surface area contributed by atoms with Gasteiger partial charge in [-0.05, 0) is 345 Å². The lowest BCUT2D eigenvalue weighted by atomic mass is 9.62. The lowest BCUT2D eigenvalue weighted by molar-refractivity contribution is -0.0817. The Balaban J connectivity index is 0.000000144. The summed E-state index contributed by atoms with van der Waals surface area (Å²) >= 11 is 19.2. The number of rotatable bonds is 4. The second kappa shape index (κ2) is 38.5. The van der Waals surface area contributed by atoms with E-state index in [-0.39, 0.29) is 111 Å². The Morgan fingerprint density at radius 3 is 1.08 bits per heavy atom. The SMILES string of the molecule is C=S1(=O)NC(=O)c2ccc3c(c2)N(C[C@@H]2CC[C@H]2[C@@](O)(CN)CCC[C@H](C)[C@H]1C)C[C@@]1(CCCc2cc(Cl)ccc21)CO3.C[C@@H]1[C@@H](C)CCC[C@@](O)(CN)[C@@H]2CC[C@H]2CN2C[C@@]3(CCCc4cc(Cl)ccc43)COc3ccc(cc32)C(=O)NS1(=O)=O.C[C@@H]1[C@@H](C)CCC[C@@](O)(CN=[N+]=[N-])[C@@H]2CC[C@H]2CN2C[C@@]3(CCCc4cc(Cl)ccc43)COc3ccc(cc32)C(=O)NS1(=O)=O. The van der Waals surface area contributed by atoms with Gasteiger partial charge in [-0.1, -0.05) is 98.1 Å². The molecule has 3 saturated carbocycles. The summed E-state index contributed by atoms with van der Waals surface area (Å²) < 4.78 is 93.9. The van der Waals surface area contributed by atoms with Crippen molar-refractivity contribution in [3.8, 4) is 17.2 Å². The molecule has 6 aliphatic heterocycles. The Morgan fingerprint density at radius 1 is 0.443 bits per heavy atom. The van der Waals surface area contributed by atoms with E-state index in [0.29, 0.717) is 113 Å². The number of anilines is 3. The molecule has 6 bridgehead atoms. The highest BCUT2D eigenvalue weighted by atomic mass is 35.5. The Kier molecular flexibility index (Phi) is 28.4. The predicted octanol–water partition coefficient (Wildman–Crippen LogP) is 16.0. The Labute approximate surface area is 788 Å². The fourth-order valence-corrected chi connectivity index (χ4v) is 29.0. The fraction of sp³-hybridized carbons (Fsp3) is 0.600. The highest BCUT2D eigenvalue weighted by Crippen LogP contribution is 2.55. The number of azide groups is 1. The van der Waals surface area contributed by atoms with E-state index in [1.54, 1.807) is 56.3 Å². The minimum Gasteiger partial charge on any atom is -0.490 e. The third-order valence-electron chi connectivity index (χ3n) is 33.2. The van der Waals surface area contributed by atoms with Crippen molar-refractivity contribution < 1.29 is 65.0 Å². The number of fused-ring (bicyclic) bond motifs is 12. The molecule has 18 rings (SSSR count). The number of nitrogens with one attached hydrogen (secondary N) is 3. The fourth-order valence-electron chi connectivity index (χ4n) is 24.3. The van der Waals surface area contributed by atoms with Crippen LogP contribution in [0.25, 0.3) is 10.4 Å². The molecule has 3 amide bonds. The van der Waals surface area contributed by atoms with Crippen molar-refractivity contribution in [1.82, 2.24) is 14.2 Å². The number of nitrogens with two attached hydrogens (primary N) is 2. The number of aliphatic hydroxyl groups is 3. The second-order valence-electron chi connectivity index (χ2n) is 41.1.